The first kappa shape index (κ1) is 20.9. The van der Waals surface area contributed by atoms with Crippen LogP contribution in [0.4, 0.5) is 5.69 Å². The topological polar surface area (TPSA) is 49.9 Å². The molecule has 2 aromatic carbocycles. The van der Waals surface area contributed by atoms with E-state index in [1.807, 2.05) is 73.6 Å². The van der Waals surface area contributed by atoms with Crippen LogP contribution in [0.25, 0.3) is 0 Å². The Morgan fingerprint density at radius 3 is 2.14 bits per heavy atom. The quantitative estimate of drug-likeness (QED) is 0.671. The molecule has 1 saturated carbocycles. The second-order valence-corrected chi connectivity index (χ2v) is 8.04. The summed E-state index contributed by atoms with van der Waals surface area (Å²) in [6.45, 7) is 0.258. The average Bonchev–Trinajstić information content (AvgIpc) is 3.24. The van der Waals surface area contributed by atoms with Crippen LogP contribution in [0.2, 0.25) is 0 Å². The first-order valence-electron chi connectivity index (χ1n) is 10.2. The van der Waals surface area contributed by atoms with Crippen LogP contribution in [0.3, 0.4) is 0 Å². The Morgan fingerprint density at radius 2 is 1.55 bits per heavy atom. The van der Waals surface area contributed by atoms with Crippen molar-refractivity contribution in [2.45, 2.75) is 37.6 Å². The van der Waals surface area contributed by atoms with Gasteiger partial charge < -0.3 is 14.5 Å². The molecule has 0 N–H and O–H groups in total. The summed E-state index contributed by atoms with van der Waals surface area (Å²) in [4.78, 5) is 29.1. The van der Waals surface area contributed by atoms with Gasteiger partial charge in [-0.1, -0.05) is 55.3 Å². The predicted octanol–water partition coefficient (Wildman–Crippen LogP) is 3.77. The van der Waals surface area contributed by atoms with Crippen LogP contribution < -0.4 is 4.90 Å². The SMILES string of the molecule is CN(Cc1ccc(N(C)C)cc1)C(=O)COC(=O)C1(c2ccccc2)CCCC1. The van der Waals surface area contributed by atoms with Crippen molar-refractivity contribution in [2.24, 2.45) is 0 Å². The maximum absolute atomic E-state index is 13.0. The molecular weight excluding hydrogens is 364 g/mol. The Kier molecular flexibility index (Phi) is 6.57. The standard InChI is InChI=1S/C24H30N2O3/c1-25(2)21-13-11-19(12-14-21)17-26(3)22(27)18-29-23(28)24(15-7-8-16-24)20-9-5-4-6-10-20/h4-6,9-14H,7-8,15-18H2,1-3H3. The molecule has 0 saturated heterocycles. The van der Waals surface area contributed by atoms with Gasteiger partial charge in [0.1, 0.15) is 0 Å². The molecule has 1 amide bonds. The number of carbonyl (C=O) groups excluding carboxylic acids is 2. The van der Waals surface area contributed by atoms with Gasteiger partial charge in [-0.3, -0.25) is 9.59 Å². The van der Waals surface area contributed by atoms with Crippen molar-refractivity contribution in [3.63, 3.8) is 0 Å². The number of anilines is 1. The Bertz CT molecular complexity index is 825. The minimum absolute atomic E-state index is 0.198. The second-order valence-electron chi connectivity index (χ2n) is 8.04. The highest BCUT2D eigenvalue weighted by atomic mass is 16.5. The molecule has 0 radical (unpaired) electrons. The van der Waals surface area contributed by atoms with Gasteiger partial charge >= 0.3 is 5.97 Å². The number of hydrogen-bond donors (Lipinski definition) is 0. The largest absolute Gasteiger partial charge is 0.455 e. The van der Waals surface area contributed by atoms with Crippen LogP contribution in [0.15, 0.2) is 54.6 Å². The van der Waals surface area contributed by atoms with E-state index < -0.39 is 5.41 Å². The van der Waals surface area contributed by atoms with Crippen LogP contribution in [-0.2, 0) is 26.3 Å². The maximum atomic E-state index is 13.0. The number of rotatable bonds is 7. The van der Waals surface area contributed by atoms with E-state index in [1.54, 1.807) is 11.9 Å². The van der Waals surface area contributed by atoms with Crippen LogP contribution in [0, 0.1) is 0 Å². The maximum Gasteiger partial charge on any atom is 0.317 e. The number of hydrogen-bond acceptors (Lipinski definition) is 4. The van der Waals surface area contributed by atoms with Crippen molar-refractivity contribution in [3.8, 4) is 0 Å². The minimum atomic E-state index is -0.609. The zero-order chi connectivity index (χ0) is 20.9. The van der Waals surface area contributed by atoms with Gasteiger partial charge in [0.25, 0.3) is 5.91 Å². The average molecular weight is 395 g/mol. The molecule has 0 atom stereocenters. The molecule has 3 rings (SSSR count). The second kappa shape index (κ2) is 9.12. The van der Waals surface area contributed by atoms with Crippen LogP contribution in [0.1, 0.15) is 36.8 Å². The number of likely N-dealkylation sites (N-methyl/N-ethyl adjacent to an activating group) is 1. The molecule has 1 aliphatic carbocycles. The highest BCUT2D eigenvalue weighted by Crippen LogP contribution is 2.42. The summed E-state index contributed by atoms with van der Waals surface area (Å²) in [5, 5.41) is 0. The molecule has 0 aromatic heterocycles. The highest BCUT2D eigenvalue weighted by Gasteiger charge is 2.44. The molecule has 2 aromatic rings. The summed E-state index contributed by atoms with van der Waals surface area (Å²) in [5.74, 6) is -0.477. The van der Waals surface area contributed by atoms with Crippen molar-refractivity contribution < 1.29 is 14.3 Å². The van der Waals surface area contributed by atoms with E-state index in [-0.39, 0.29) is 18.5 Å². The van der Waals surface area contributed by atoms with Crippen LogP contribution in [-0.4, -0.2) is 44.5 Å². The summed E-state index contributed by atoms with van der Waals surface area (Å²) >= 11 is 0. The summed E-state index contributed by atoms with van der Waals surface area (Å²) in [6.07, 6.45) is 3.55. The molecule has 0 bridgehead atoms. The molecule has 0 spiro atoms. The number of esters is 1. The normalized spacial score (nSPS) is 15.0. The van der Waals surface area contributed by atoms with E-state index in [4.69, 9.17) is 4.74 Å². The third-order valence-corrected chi connectivity index (χ3v) is 5.80. The monoisotopic (exact) mass is 394 g/mol. The van der Waals surface area contributed by atoms with Crippen LogP contribution in [0.5, 0.6) is 0 Å². The van der Waals surface area contributed by atoms with E-state index in [1.165, 1.54) is 0 Å². The number of carbonyl (C=O) groups is 2. The zero-order valence-corrected chi connectivity index (χ0v) is 17.6. The van der Waals surface area contributed by atoms with Gasteiger partial charge in [-0.15, -0.1) is 0 Å². The lowest BCUT2D eigenvalue weighted by Gasteiger charge is -2.27. The van der Waals surface area contributed by atoms with E-state index in [0.717, 1.165) is 42.5 Å². The molecular formula is C24H30N2O3. The van der Waals surface area contributed by atoms with Crippen molar-refractivity contribution in [2.75, 3.05) is 32.6 Å². The zero-order valence-electron chi connectivity index (χ0n) is 17.6. The molecule has 0 heterocycles. The minimum Gasteiger partial charge on any atom is -0.455 e. The van der Waals surface area contributed by atoms with Gasteiger partial charge in [-0.2, -0.15) is 0 Å². The summed E-state index contributed by atoms with van der Waals surface area (Å²) in [7, 11) is 5.72. The van der Waals surface area contributed by atoms with Gasteiger partial charge in [0.2, 0.25) is 0 Å². The van der Waals surface area contributed by atoms with Crippen molar-refractivity contribution >= 4 is 17.6 Å². The van der Waals surface area contributed by atoms with Crippen molar-refractivity contribution in [1.29, 1.82) is 0 Å². The Balaban J connectivity index is 1.58. The molecule has 1 aliphatic rings. The number of nitrogens with zero attached hydrogens (tertiary/aromatic N) is 2. The molecule has 1 fully saturated rings. The van der Waals surface area contributed by atoms with Gasteiger partial charge in [0.15, 0.2) is 6.61 Å². The lowest BCUT2D eigenvalue weighted by Crippen LogP contribution is -2.38. The fraction of sp³-hybridized carbons (Fsp3) is 0.417. The van der Waals surface area contributed by atoms with E-state index in [2.05, 4.69) is 0 Å². The first-order chi connectivity index (χ1) is 13.9. The lowest BCUT2D eigenvalue weighted by atomic mass is 9.79. The van der Waals surface area contributed by atoms with E-state index >= 15 is 0 Å². The van der Waals surface area contributed by atoms with Crippen LogP contribution >= 0.6 is 0 Å². The number of amides is 1. The highest BCUT2D eigenvalue weighted by molar-refractivity contribution is 5.86. The predicted molar refractivity (Wildman–Crippen MR) is 115 cm³/mol. The molecule has 5 heteroatoms. The smallest absolute Gasteiger partial charge is 0.317 e. The molecule has 154 valence electrons. The first-order valence-corrected chi connectivity index (χ1v) is 10.2. The van der Waals surface area contributed by atoms with Gasteiger partial charge in [0.05, 0.1) is 5.41 Å². The number of benzene rings is 2. The van der Waals surface area contributed by atoms with E-state index in [0.29, 0.717) is 6.54 Å². The lowest BCUT2D eigenvalue weighted by molar-refractivity contribution is -0.156. The third-order valence-electron chi connectivity index (χ3n) is 5.80. The number of ether oxygens (including phenoxy) is 1. The summed E-state index contributed by atoms with van der Waals surface area (Å²) in [6, 6.07) is 17.9. The summed E-state index contributed by atoms with van der Waals surface area (Å²) in [5.41, 5.74) is 2.53. The Hall–Kier alpha value is -2.82. The van der Waals surface area contributed by atoms with Crippen molar-refractivity contribution in [1.82, 2.24) is 4.90 Å². The van der Waals surface area contributed by atoms with Crippen molar-refractivity contribution in [3.05, 3.63) is 65.7 Å². The summed E-state index contributed by atoms with van der Waals surface area (Å²) < 4.78 is 5.52. The Morgan fingerprint density at radius 1 is 0.931 bits per heavy atom. The molecule has 0 aliphatic heterocycles. The third kappa shape index (κ3) is 4.78. The van der Waals surface area contributed by atoms with Gasteiger partial charge in [-0.05, 0) is 36.1 Å². The van der Waals surface area contributed by atoms with E-state index in [9.17, 15) is 9.59 Å². The molecule has 5 nitrogen and oxygen atoms in total. The molecule has 0 unspecified atom stereocenters. The van der Waals surface area contributed by atoms with Gasteiger partial charge in [0, 0.05) is 33.4 Å². The fourth-order valence-electron chi connectivity index (χ4n) is 3.98. The molecule has 29 heavy (non-hydrogen) atoms. The van der Waals surface area contributed by atoms with Gasteiger partial charge in [-0.25, -0.2) is 0 Å². The Labute approximate surface area is 173 Å². The fourth-order valence-corrected chi connectivity index (χ4v) is 3.98.